The van der Waals surface area contributed by atoms with Crippen LogP contribution in [0.3, 0.4) is 0 Å². The molecule has 0 unspecified atom stereocenters. The second kappa shape index (κ2) is 11.2. The molecular weight excluding hydrogens is 240 g/mol. The Bertz CT molecular complexity index is 147. The Labute approximate surface area is 112 Å². The fraction of sp³-hybridized carbons (Fsp3) is 1.00. The minimum absolute atomic E-state index is 0. The van der Waals surface area contributed by atoms with Crippen LogP contribution in [0.25, 0.3) is 0 Å². The lowest BCUT2D eigenvalue weighted by molar-refractivity contribution is 0.0619. The van der Waals surface area contributed by atoms with Gasteiger partial charge in [0.25, 0.3) is 0 Å². The summed E-state index contributed by atoms with van der Waals surface area (Å²) in [6, 6.07) is 0. The van der Waals surface area contributed by atoms with Gasteiger partial charge in [0.2, 0.25) is 0 Å². The first kappa shape index (κ1) is 17.1. The average molecular weight is 267 g/mol. The van der Waals surface area contributed by atoms with Crippen molar-refractivity contribution >= 4 is 12.4 Å². The molecule has 0 spiro atoms. The lowest BCUT2D eigenvalue weighted by atomic mass is 10.3. The van der Waals surface area contributed by atoms with Crippen molar-refractivity contribution in [3.8, 4) is 0 Å². The molecular formula is C12H27ClN2O2. The Morgan fingerprint density at radius 1 is 0.765 bits per heavy atom. The lowest BCUT2D eigenvalue weighted by Gasteiger charge is -2.34. The highest BCUT2D eigenvalue weighted by molar-refractivity contribution is 5.85. The SMILES string of the molecule is CCOCCN1CCN(CCOCC)CC1.Cl. The molecule has 17 heavy (non-hydrogen) atoms. The average Bonchev–Trinajstić information content (AvgIpc) is 2.32. The van der Waals surface area contributed by atoms with Gasteiger partial charge in [-0.25, -0.2) is 0 Å². The van der Waals surface area contributed by atoms with Gasteiger partial charge in [-0.3, -0.25) is 9.80 Å². The van der Waals surface area contributed by atoms with Crippen LogP contribution in [0.1, 0.15) is 13.8 Å². The van der Waals surface area contributed by atoms with E-state index >= 15 is 0 Å². The van der Waals surface area contributed by atoms with Gasteiger partial charge in [0.15, 0.2) is 0 Å². The number of piperazine rings is 1. The Morgan fingerprint density at radius 3 is 1.41 bits per heavy atom. The van der Waals surface area contributed by atoms with Crippen LogP contribution in [0.5, 0.6) is 0 Å². The van der Waals surface area contributed by atoms with Crippen molar-refractivity contribution in [3.05, 3.63) is 0 Å². The van der Waals surface area contributed by atoms with Gasteiger partial charge in [-0.2, -0.15) is 0 Å². The first-order valence-electron chi connectivity index (χ1n) is 6.47. The molecule has 1 aliphatic heterocycles. The third-order valence-electron chi connectivity index (χ3n) is 2.98. The van der Waals surface area contributed by atoms with Gasteiger partial charge < -0.3 is 9.47 Å². The van der Waals surface area contributed by atoms with Crippen molar-refractivity contribution < 1.29 is 9.47 Å². The molecule has 1 rings (SSSR count). The van der Waals surface area contributed by atoms with E-state index in [-0.39, 0.29) is 12.4 Å². The zero-order chi connectivity index (χ0) is 11.6. The van der Waals surface area contributed by atoms with Gasteiger partial charge in [-0.05, 0) is 13.8 Å². The standard InChI is InChI=1S/C12H26N2O2.ClH/c1-3-15-11-9-13-5-7-14(8-6-13)10-12-16-4-2;/h3-12H2,1-2H3;1H. The van der Waals surface area contributed by atoms with Gasteiger partial charge in [-0.1, -0.05) is 0 Å². The minimum Gasteiger partial charge on any atom is -0.380 e. The normalized spacial score (nSPS) is 18.0. The van der Waals surface area contributed by atoms with Crippen molar-refractivity contribution in [3.63, 3.8) is 0 Å². The summed E-state index contributed by atoms with van der Waals surface area (Å²) in [5.74, 6) is 0. The molecule has 1 heterocycles. The van der Waals surface area contributed by atoms with Crippen molar-refractivity contribution in [1.29, 1.82) is 0 Å². The van der Waals surface area contributed by atoms with Crippen LogP contribution in [-0.2, 0) is 9.47 Å². The van der Waals surface area contributed by atoms with Crippen LogP contribution < -0.4 is 0 Å². The number of hydrogen-bond acceptors (Lipinski definition) is 4. The second-order valence-electron chi connectivity index (χ2n) is 4.08. The smallest absolute Gasteiger partial charge is 0.0593 e. The summed E-state index contributed by atoms with van der Waals surface area (Å²) >= 11 is 0. The van der Waals surface area contributed by atoms with Crippen molar-refractivity contribution in [2.45, 2.75) is 13.8 Å². The zero-order valence-electron chi connectivity index (χ0n) is 11.2. The summed E-state index contributed by atoms with van der Waals surface area (Å²) in [4.78, 5) is 4.96. The molecule has 0 aromatic rings. The molecule has 0 aromatic heterocycles. The van der Waals surface area contributed by atoms with Crippen LogP contribution in [0.4, 0.5) is 0 Å². The van der Waals surface area contributed by atoms with E-state index in [0.29, 0.717) is 0 Å². The molecule has 1 aliphatic rings. The highest BCUT2D eigenvalue weighted by atomic mass is 35.5. The van der Waals surface area contributed by atoms with E-state index in [4.69, 9.17) is 9.47 Å². The second-order valence-corrected chi connectivity index (χ2v) is 4.08. The van der Waals surface area contributed by atoms with Crippen LogP contribution >= 0.6 is 12.4 Å². The van der Waals surface area contributed by atoms with E-state index in [2.05, 4.69) is 9.80 Å². The molecule has 0 aliphatic carbocycles. The maximum Gasteiger partial charge on any atom is 0.0593 e. The molecule has 4 nitrogen and oxygen atoms in total. The largest absolute Gasteiger partial charge is 0.380 e. The summed E-state index contributed by atoms with van der Waals surface area (Å²) in [5.41, 5.74) is 0. The predicted octanol–water partition coefficient (Wildman–Crippen LogP) is 1.10. The number of nitrogens with zero attached hydrogens (tertiary/aromatic N) is 2. The summed E-state index contributed by atoms with van der Waals surface area (Å²) in [5, 5.41) is 0. The van der Waals surface area contributed by atoms with Crippen LogP contribution in [0, 0.1) is 0 Å². The Morgan fingerprint density at radius 2 is 1.12 bits per heavy atom. The van der Waals surface area contributed by atoms with Gasteiger partial charge in [0, 0.05) is 52.5 Å². The van der Waals surface area contributed by atoms with E-state index < -0.39 is 0 Å². The fourth-order valence-electron chi connectivity index (χ4n) is 1.91. The monoisotopic (exact) mass is 266 g/mol. The number of halogens is 1. The van der Waals surface area contributed by atoms with Crippen LogP contribution in [-0.4, -0.2) is 75.5 Å². The molecule has 1 fully saturated rings. The van der Waals surface area contributed by atoms with E-state index in [0.717, 1.165) is 39.5 Å². The van der Waals surface area contributed by atoms with Gasteiger partial charge in [-0.15, -0.1) is 12.4 Å². The quantitative estimate of drug-likeness (QED) is 0.615. The molecule has 0 radical (unpaired) electrons. The van der Waals surface area contributed by atoms with Gasteiger partial charge in [0.05, 0.1) is 13.2 Å². The molecule has 104 valence electrons. The highest BCUT2D eigenvalue weighted by Crippen LogP contribution is 2.01. The topological polar surface area (TPSA) is 24.9 Å². The Balaban J connectivity index is 0.00000256. The minimum atomic E-state index is 0. The predicted molar refractivity (Wildman–Crippen MR) is 73.1 cm³/mol. The molecule has 0 N–H and O–H groups in total. The zero-order valence-corrected chi connectivity index (χ0v) is 12.0. The lowest BCUT2D eigenvalue weighted by Crippen LogP contribution is -2.48. The summed E-state index contributed by atoms with van der Waals surface area (Å²) in [6.45, 7) is 14.3. The molecule has 0 bridgehead atoms. The van der Waals surface area contributed by atoms with Crippen molar-refractivity contribution in [2.24, 2.45) is 0 Å². The first-order valence-corrected chi connectivity index (χ1v) is 6.47. The fourth-order valence-corrected chi connectivity index (χ4v) is 1.91. The molecule has 0 amide bonds. The van der Waals surface area contributed by atoms with E-state index in [1.807, 2.05) is 13.8 Å². The number of ether oxygens (including phenoxy) is 2. The Hall–Kier alpha value is 0.130. The summed E-state index contributed by atoms with van der Waals surface area (Å²) < 4.78 is 10.7. The van der Waals surface area contributed by atoms with E-state index in [9.17, 15) is 0 Å². The molecule has 1 saturated heterocycles. The van der Waals surface area contributed by atoms with E-state index in [1.165, 1.54) is 26.2 Å². The van der Waals surface area contributed by atoms with Crippen molar-refractivity contribution in [2.75, 3.05) is 65.7 Å². The van der Waals surface area contributed by atoms with E-state index in [1.54, 1.807) is 0 Å². The first-order chi connectivity index (χ1) is 7.86. The summed E-state index contributed by atoms with van der Waals surface area (Å²) in [6.07, 6.45) is 0. The molecule has 0 saturated carbocycles. The van der Waals surface area contributed by atoms with Gasteiger partial charge in [0.1, 0.15) is 0 Å². The molecule has 0 aromatic carbocycles. The maximum absolute atomic E-state index is 5.37. The highest BCUT2D eigenvalue weighted by Gasteiger charge is 2.15. The third kappa shape index (κ3) is 7.95. The van der Waals surface area contributed by atoms with Crippen LogP contribution in [0.2, 0.25) is 0 Å². The number of hydrogen-bond donors (Lipinski definition) is 0. The Kier molecular flexibility index (Phi) is 11.3. The van der Waals surface area contributed by atoms with Crippen molar-refractivity contribution in [1.82, 2.24) is 9.80 Å². The molecule has 5 heteroatoms. The third-order valence-corrected chi connectivity index (χ3v) is 2.98. The number of rotatable bonds is 8. The van der Waals surface area contributed by atoms with Gasteiger partial charge >= 0.3 is 0 Å². The molecule has 0 atom stereocenters. The van der Waals surface area contributed by atoms with Crippen LogP contribution in [0.15, 0.2) is 0 Å². The maximum atomic E-state index is 5.37. The summed E-state index contributed by atoms with van der Waals surface area (Å²) in [7, 11) is 0.